The quantitative estimate of drug-likeness (QED) is 0.531. The molecule has 0 aliphatic rings. The fraction of sp³-hybridized carbons (Fsp3) is 0.333. The maximum Gasteiger partial charge on any atom is 0.439 e. The van der Waals surface area contributed by atoms with Gasteiger partial charge in [0.25, 0.3) is 6.17 Å². The molecule has 0 amide bonds. The van der Waals surface area contributed by atoms with Gasteiger partial charge in [0.05, 0.1) is 0 Å². The molecule has 0 saturated carbocycles. The van der Waals surface area contributed by atoms with Crippen molar-refractivity contribution in [3.8, 4) is 5.75 Å². The zero-order valence-electron chi connectivity index (χ0n) is 9.80. The van der Waals surface area contributed by atoms with Crippen LogP contribution in [0.3, 0.4) is 0 Å². The zero-order chi connectivity index (χ0) is 15.4. The number of allylic oxidation sites excluding steroid dienone is 1. The monoisotopic (exact) mass is 362 g/mol. The Morgan fingerprint density at radius 3 is 2.10 bits per heavy atom. The average Bonchev–Trinajstić information content (AvgIpc) is 2.35. The summed E-state index contributed by atoms with van der Waals surface area (Å²) in [7, 11) is 0. The molecule has 8 heteroatoms. The molecular weight excluding hydrogens is 354 g/mol. The lowest BCUT2D eigenvalue weighted by Gasteiger charge is -2.23. The van der Waals surface area contributed by atoms with E-state index in [9.17, 15) is 26.3 Å². The van der Waals surface area contributed by atoms with Crippen LogP contribution < -0.4 is 4.74 Å². The molecule has 1 atom stereocenters. The summed E-state index contributed by atoms with van der Waals surface area (Å²) in [6.07, 6.45) is -11.7. The summed E-state index contributed by atoms with van der Waals surface area (Å²) in [5.74, 6) is -0.558. The number of hydrogen-bond acceptors (Lipinski definition) is 1. The predicted molar refractivity (Wildman–Crippen MR) is 65.8 cm³/mol. The molecule has 0 aliphatic heterocycles. The number of halogens is 7. The summed E-state index contributed by atoms with van der Waals surface area (Å²) in [4.78, 5) is 0. The smallest absolute Gasteiger partial charge is 0.430 e. The highest BCUT2D eigenvalue weighted by atomic mass is 79.9. The molecule has 0 aliphatic carbocycles. The normalized spacial score (nSPS) is 14.6. The molecule has 0 spiro atoms. The van der Waals surface area contributed by atoms with Crippen LogP contribution in [-0.4, -0.2) is 23.8 Å². The molecule has 0 unspecified atom stereocenters. The highest BCUT2D eigenvalue weighted by Crippen LogP contribution is 2.36. The zero-order valence-corrected chi connectivity index (χ0v) is 11.4. The van der Waals surface area contributed by atoms with E-state index in [1.54, 1.807) is 12.2 Å². The molecule has 0 aromatic heterocycles. The number of ether oxygens (including phenoxy) is 1. The van der Waals surface area contributed by atoms with Gasteiger partial charge in [0.15, 0.2) is 0 Å². The van der Waals surface area contributed by atoms with Gasteiger partial charge in [-0.15, -0.1) is 0 Å². The molecule has 0 radical (unpaired) electrons. The third-order valence-corrected chi connectivity index (χ3v) is 2.49. The van der Waals surface area contributed by atoms with Crippen LogP contribution in [0.2, 0.25) is 0 Å². The molecule has 1 rings (SSSR count). The van der Waals surface area contributed by atoms with Gasteiger partial charge >= 0.3 is 12.3 Å². The molecule has 0 saturated heterocycles. The van der Waals surface area contributed by atoms with Crippen LogP contribution >= 0.6 is 15.9 Å². The summed E-state index contributed by atoms with van der Waals surface area (Å²) >= 11 is 3.14. The minimum atomic E-state index is -5.69. The van der Waals surface area contributed by atoms with Crippen molar-refractivity contribution in [2.24, 2.45) is 0 Å². The van der Waals surface area contributed by atoms with Gasteiger partial charge in [0, 0.05) is 5.33 Å². The lowest BCUT2D eigenvalue weighted by Crippen LogP contribution is -2.45. The Morgan fingerprint density at radius 2 is 1.65 bits per heavy atom. The van der Waals surface area contributed by atoms with E-state index in [1.165, 1.54) is 12.1 Å². The minimum absolute atomic E-state index is 0.558. The molecule has 0 fully saturated rings. The highest BCUT2D eigenvalue weighted by Gasteiger charge is 2.59. The number of benzene rings is 1. The first-order chi connectivity index (χ1) is 9.16. The van der Waals surface area contributed by atoms with Crippen molar-refractivity contribution in [2.45, 2.75) is 18.5 Å². The SMILES string of the molecule is F[C@H](C(F)(F)F)C(F)(F)Oc1ccc(C=CCBr)cc1. The van der Waals surface area contributed by atoms with Crippen LogP contribution in [0.15, 0.2) is 30.3 Å². The highest BCUT2D eigenvalue weighted by molar-refractivity contribution is 9.09. The largest absolute Gasteiger partial charge is 0.439 e. The van der Waals surface area contributed by atoms with Crippen molar-refractivity contribution < 1.29 is 31.1 Å². The van der Waals surface area contributed by atoms with Gasteiger partial charge in [-0.1, -0.05) is 40.2 Å². The first-order valence-corrected chi connectivity index (χ1v) is 6.39. The Morgan fingerprint density at radius 1 is 1.10 bits per heavy atom. The topological polar surface area (TPSA) is 9.23 Å². The Kier molecular flexibility index (Phi) is 5.50. The van der Waals surface area contributed by atoms with E-state index < -0.39 is 24.2 Å². The lowest BCUT2D eigenvalue weighted by atomic mass is 10.2. The molecule has 0 heterocycles. The van der Waals surface area contributed by atoms with Crippen molar-refractivity contribution in [2.75, 3.05) is 5.33 Å². The van der Waals surface area contributed by atoms with Crippen molar-refractivity contribution >= 4 is 22.0 Å². The third-order valence-electron chi connectivity index (χ3n) is 2.12. The van der Waals surface area contributed by atoms with E-state index >= 15 is 0 Å². The van der Waals surface area contributed by atoms with E-state index in [0.29, 0.717) is 10.9 Å². The maximum atomic E-state index is 13.0. The molecule has 112 valence electrons. The van der Waals surface area contributed by atoms with Gasteiger partial charge in [-0.05, 0) is 17.7 Å². The van der Waals surface area contributed by atoms with Gasteiger partial charge in [0.2, 0.25) is 0 Å². The van der Waals surface area contributed by atoms with Gasteiger partial charge in [-0.2, -0.15) is 22.0 Å². The van der Waals surface area contributed by atoms with Crippen molar-refractivity contribution in [1.29, 1.82) is 0 Å². The van der Waals surface area contributed by atoms with Crippen LogP contribution in [0, 0.1) is 0 Å². The molecule has 0 N–H and O–H groups in total. The van der Waals surface area contributed by atoms with Crippen LogP contribution in [-0.2, 0) is 0 Å². The summed E-state index contributed by atoms with van der Waals surface area (Å²) < 4.78 is 78.0. The average molecular weight is 363 g/mol. The Balaban J connectivity index is 2.80. The molecule has 0 bridgehead atoms. The Labute approximate surface area is 119 Å². The van der Waals surface area contributed by atoms with E-state index in [0.717, 1.165) is 12.1 Å². The maximum absolute atomic E-state index is 13.0. The van der Waals surface area contributed by atoms with E-state index in [-0.39, 0.29) is 0 Å². The molecule has 20 heavy (non-hydrogen) atoms. The molecule has 1 aromatic carbocycles. The Bertz CT molecular complexity index is 454. The molecular formula is C12H9BrF6O. The fourth-order valence-electron chi connectivity index (χ4n) is 1.23. The summed E-state index contributed by atoms with van der Waals surface area (Å²) in [6, 6.07) is 4.77. The number of rotatable bonds is 5. The van der Waals surface area contributed by atoms with Gasteiger partial charge in [-0.3, -0.25) is 0 Å². The second-order valence-electron chi connectivity index (χ2n) is 3.69. The third kappa shape index (κ3) is 4.73. The van der Waals surface area contributed by atoms with Gasteiger partial charge in [0.1, 0.15) is 5.75 Å². The summed E-state index contributed by atoms with van der Waals surface area (Å²) in [6.45, 7) is 0. The van der Waals surface area contributed by atoms with Crippen LogP contribution in [0.4, 0.5) is 26.3 Å². The van der Waals surface area contributed by atoms with E-state index in [2.05, 4.69) is 20.7 Å². The minimum Gasteiger partial charge on any atom is -0.430 e. The van der Waals surface area contributed by atoms with E-state index in [1.807, 2.05) is 0 Å². The van der Waals surface area contributed by atoms with Crippen molar-refractivity contribution in [1.82, 2.24) is 0 Å². The predicted octanol–water partition coefficient (Wildman–Crippen LogP) is 4.97. The second-order valence-corrected chi connectivity index (χ2v) is 4.34. The van der Waals surface area contributed by atoms with E-state index in [4.69, 9.17) is 0 Å². The Hall–Kier alpha value is -1.18. The first-order valence-electron chi connectivity index (χ1n) is 5.27. The second kappa shape index (κ2) is 6.51. The lowest BCUT2D eigenvalue weighted by molar-refractivity contribution is -0.304. The van der Waals surface area contributed by atoms with Gasteiger partial charge in [-0.25, -0.2) is 4.39 Å². The number of hydrogen-bond donors (Lipinski definition) is 0. The van der Waals surface area contributed by atoms with Gasteiger partial charge < -0.3 is 4.74 Å². The van der Waals surface area contributed by atoms with Crippen LogP contribution in [0.25, 0.3) is 6.08 Å². The molecule has 1 nitrogen and oxygen atoms in total. The summed E-state index contributed by atoms with van der Waals surface area (Å²) in [5, 5.41) is 0.582. The first kappa shape index (κ1) is 16.9. The fourth-order valence-corrected chi connectivity index (χ4v) is 1.41. The van der Waals surface area contributed by atoms with Crippen LogP contribution in [0.5, 0.6) is 5.75 Å². The van der Waals surface area contributed by atoms with Crippen LogP contribution in [0.1, 0.15) is 5.56 Å². The van der Waals surface area contributed by atoms with Crippen molar-refractivity contribution in [3.05, 3.63) is 35.9 Å². The van der Waals surface area contributed by atoms with Crippen molar-refractivity contribution in [3.63, 3.8) is 0 Å². The number of alkyl halides is 7. The standard InChI is InChI=1S/C12H9BrF6O/c13-7-1-2-8-3-5-9(6-4-8)20-12(18,19)10(14)11(15,16)17/h1-6,10H,7H2/t10-/m1/s1. The molecule has 1 aromatic rings. The summed E-state index contributed by atoms with van der Waals surface area (Å²) in [5.41, 5.74) is 0.632.